The van der Waals surface area contributed by atoms with Crippen LogP contribution in [0.25, 0.3) is 0 Å². The first-order valence-corrected chi connectivity index (χ1v) is 7.07. The molecule has 1 fully saturated rings. The van der Waals surface area contributed by atoms with Crippen LogP contribution in [0.4, 0.5) is 0 Å². The second-order valence-corrected chi connectivity index (χ2v) is 5.53. The molecule has 1 aromatic carbocycles. The van der Waals surface area contributed by atoms with Crippen LogP contribution in [0.2, 0.25) is 0 Å². The molecule has 0 aromatic heterocycles. The van der Waals surface area contributed by atoms with E-state index in [9.17, 15) is 0 Å². The van der Waals surface area contributed by atoms with Crippen molar-refractivity contribution in [3.8, 4) is 5.75 Å². The molecule has 1 atom stereocenters. The summed E-state index contributed by atoms with van der Waals surface area (Å²) in [6.45, 7) is 5.35. The van der Waals surface area contributed by atoms with Gasteiger partial charge in [0.15, 0.2) is 0 Å². The normalized spacial score (nSPS) is 17.9. The molecule has 0 heterocycles. The average molecular weight is 247 g/mol. The van der Waals surface area contributed by atoms with Gasteiger partial charge in [0.25, 0.3) is 0 Å². The summed E-state index contributed by atoms with van der Waals surface area (Å²) in [7, 11) is 1.74. The second-order valence-electron chi connectivity index (χ2n) is 5.53. The van der Waals surface area contributed by atoms with Gasteiger partial charge in [-0.2, -0.15) is 0 Å². The van der Waals surface area contributed by atoms with Gasteiger partial charge >= 0.3 is 0 Å². The lowest BCUT2D eigenvalue weighted by Crippen LogP contribution is -2.31. The molecule has 0 spiro atoms. The van der Waals surface area contributed by atoms with Crippen molar-refractivity contribution in [3.63, 3.8) is 0 Å². The number of hydrogen-bond acceptors (Lipinski definition) is 2. The molecule has 1 saturated carbocycles. The Hall–Kier alpha value is -1.02. The van der Waals surface area contributed by atoms with Crippen molar-refractivity contribution in [2.24, 2.45) is 5.92 Å². The summed E-state index contributed by atoms with van der Waals surface area (Å²) in [6.07, 6.45) is 5.59. The van der Waals surface area contributed by atoms with E-state index in [0.29, 0.717) is 6.04 Å². The van der Waals surface area contributed by atoms with Crippen LogP contribution in [-0.2, 0) is 6.54 Å². The zero-order chi connectivity index (χ0) is 13.0. The Kier molecular flexibility index (Phi) is 4.65. The Morgan fingerprint density at radius 3 is 2.72 bits per heavy atom. The minimum Gasteiger partial charge on any atom is -0.496 e. The van der Waals surface area contributed by atoms with Crippen molar-refractivity contribution >= 4 is 0 Å². The fourth-order valence-corrected chi connectivity index (χ4v) is 2.94. The minimum atomic E-state index is 0.609. The van der Waals surface area contributed by atoms with Gasteiger partial charge in [-0.15, -0.1) is 0 Å². The SMILES string of the molecule is COc1ccc(C)cc1CN[C@H](C)C1CCCC1. The maximum absolute atomic E-state index is 5.42. The summed E-state index contributed by atoms with van der Waals surface area (Å²) in [5.41, 5.74) is 2.56. The Morgan fingerprint density at radius 2 is 2.06 bits per heavy atom. The molecular weight excluding hydrogens is 222 g/mol. The predicted molar refractivity (Wildman–Crippen MR) is 76.0 cm³/mol. The highest BCUT2D eigenvalue weighted by molar-refractivity contribution is 5.36. The molecule has 2 heteroatoms. The highest BCUT2D eigenvalue weighted by Crippen LogP contribution is 2.28. The maximum atomic E-state index is 5.42. The zero-order valence-electron chi connectivity index (χ0n) is 11.8. The Bertz CT molecular complexity index is 383. The van der Waals surface area contributed by atoms with Crippen LogP contribution in [0.15, 0.2) is 18.2 Å². The Morgan fingerprint density at radius 1 is 1.33 bits per heavy atom. The van der Waals surface area contributed by atoms with Gasteiger partial charge in [0.2, 0.25) is 0 Å². The van der Waals surface area contributed by atoms with E-state index in [0.717, 1.165) is 18.2 Å². The summed E-state index contributed by atoms with van der Waals surface area (Å²) < 4.78 is 5.42. The fraction of sp³-hybridized carbons (Fsp3) is 0.625. The van der Waals surface area contributed by atoms with Crippen molar-refractivity contribution in [1.29, 1.82) is 0 Å². The molecule has 0 bridgehead atoms. The van der Waals surface area contributed by atoms with E-state index in [1.165, 1.54) is 36.8 Å². The van der Waals surface area contributed by atoms with Crippen molar-refractivity contribution in [2.45, 2.75) is 52.1 Å². The number of hydrogen-bond donors (Lipinski definition) is 1. The molecule has 0 radical (unpaired) electrons. The Labute approximate surface area is 111 Å². The number of nitrogens with one attached hydrogen (secondary N) is 1. The van der Waals surface area contributed by atoms with Gasteiger partial charge < -0.3 is 10.1 Å². The zero-order valence-corrected chi connectivity index (χ0v) is 11.8. The Balaban J connectivity index is 1.94. The molecule has 2 nitrogen and oxygen atoms in total. The largest absolute Gasteiger partial charge is 0.496 e. The smallest absolute Gasteiger partial charge is 0.123 e. The quantitative estimate of drug-likeness (QED) is 0.857. The molecule has 0 unspecified atom stereocenters. The van der Waals surface area contributed by atoms with E-state index in [4.69, 9.17) is 4.74 Å². The molecule has 18 heavy (non-hydrogen) atoms. The maximum Gasteiger partial charge on any atom is 0.123 e. The third-order valence-corrected chi connectivity index (χ3v) is 4.16. The first-order chi connectivity index (χ1) is 8.70. The van der Waals surface area contributed by atoms with Crippen LogP contribution in [0.3, 0.4) is 0 Å². The van der Waals surface area contributed by atoms with Crippen LogP contribution in [0, 0.1) is 12.8 Å². The first-order valence-electron chi connectivity index (χ1n) is 7.07. The summed E-state index contributed by atoms with van der Waals surface area (Å²) in [5, 5.41) is 3.66. The van der Waals surface area contributed by atoms with Crippen LogP contribution < -0.4 is 10.1 Å². The summed E-state index contributed by atoms with van der Waals surface area (Å²) in [5.74, 6) is 1.85. The number of methoxy groups -OCH3 is 1. The number of benzene rings is 1. The van der Waals surface area contributed by atoms with E-state index in [-0.39, 0.29) is 0 Å². The second kappa shape index (κ2) is 6.24. The van der Waals surface area contributed by atoms with Crippen molar-refractivity contribution in [2.75, 3.05) is 7.11 Å². The lowest BCUT2D eigenvalue weighted by Gasteiger charge is -2.21. The summed E-state index contributed by atoms with van der Waals surface area (Å²) >= 11 is 0. The molecule has 1 aromatic rings. The fourth-order valence-electron chi connectivity index (χ4n) is 2.94. The van der Waals surface area contributed by atoms with Gasteiger partial charge in [0.05, 0.1) is 7.11 Å². The molecule has 2 rings (SSSR count). The molecule has 1 aliphatic rings. The molecule has 100 valence electrons. The number of aryl methyl sites for hydroxylation is 1. The lowest BCUT2D eigenvalue weighted by atomic mass is 9.99. The van der Waals surface area contributed by atoms with Gasteiger partial charge in [-0.25, -0.2) is 0 Å². The van der Waals surface area contributed by atoms with E-state index in [1.54, 1.807) is 7.11 Å². The molecule has 0 amide bonds. The summed E-state index contributed by atoms with van der Waals surface area (Å²) in [4.78, 5) is 0. The molecule has 0 saturated heterocycles. The first kappa shape index (κ1) is 13.4. The van der Waals surface area contributed by atoms with Crippen molar-refractivity contribution in [1.82, 2.24) is 5.32 Å². The van der Waals surface area contributed by atoms with Gasteiger partial charge in [-0.1, -0.05) is 30.5 Å². The standard InChI is InChI=1S/C16H25NO/c1-12-8-9-16(18-3)15(10-12)11-17-13(2)14-6-4-5-7-14/h8-10,13-14,17H,4-7,11H2,1-3H3/t13-/m1/s1. The lowest BCUT2D eigenvalue weighted by molar-refractivity contribution is 0.371. The minimum absolute atomic E-state index is 0.609. The van der Waals surface area contributed by atoms with Crippen LogP contribution in [0.5, 0.6) is 5.75 Å². The van der Waals surface area contributed by atoms with E-state index in [2.05, 4.69) is 37.4 Å². The van der Waals surface area contributed by atoms with Crippen molar-refractivity contribution < 1.29 is 4.74 Å². The number of ether oxygens (including phenoxy) is 1. The number of rotatable bonds is 5. The average Bonchev–Trinajstić information content (AvgIpc) is 2.90. The topological polar surface area (TPSA) is 21.3 Å². The van der Waals surface area contributed by atoms with E-state index >= 15 is 0 Å². The van der Waals surface area contributed by atoms with Crippen LogP contribution in [-0.4, -0.2) is 13.2 Å². The van der Waals surface area contributed by atoms with Crippen LogP contribution >= 0.6 is 0 Å². The van der Waals surface area contributed by atoms with E-state index in [1.807, 2.05) is 0 Å². The predicted octanol–water partition coefficient (Wildman–Crippen LogP) is 3.67. The highest BCUT2D eigenvalue weighted by atomic mass is 16.5. The van der Waals surface area contributed by atoms with Crippen molar-refractivity contribution in [3.05, 3.63) is 29.3 Å². The third-order valence-electron chi connectivity index (χ3n) is 4.16. The van der Waals surface area contributed by atoms with Gasteiger partial charge in [0.1, 0.15) is 5.75 Å². The third kappa shape index (κ3) is 3.26. The van der Waals surface area contributed by atoms with Gasteiger partial charge in [-0.3, -0.25) is 0 Å². The molecule has 1 N–H and O–H groups in total. The van der Waals surface area contributed by atoms with Crippen LogP contribution in [0.1, 0.15) is 43.7 Å². The van der Waals surface area contributed by atoms with Gasteiger partial charge in [0, 0.05) is 18.2 Å². The van der Waals surface area contributed by atoms with E-state index < -0.39 is 0 Å². The monoisotopic (exact) mass is 247 g/mol. The summed E-state index contributed by atoms with van der Waals surface area (Å²) in [6, 6.07) is 6.99. The molecular formula is C16H25NO. The van der Waals surface area contributed by atoms with Gasteiger partial charge in [-0.05, 0) is 38.7 Å². The highest BCUT2D eigenvalue weighted by Gasteiger charge is 2.21. The molecule has 0 aliphatic heterocycles. The molecule has 1 aliphatic carbocycles.